The van der Waals surface area contributed by atoms with E-state index in [-0.39, 0.29) is 24.0 Å². The van der Waals surface area contributed by atoms with Crippen molar-refractivity contribution in [2.45, 2.75) is 39.3 Å². The highest BCUT2D eigenvalue weighted by molar-refractivity contribution is 5.96. The molecular formula is C13H16N2O4. The van der Waals surface area contributed by atoms with Crippen LogP contribution in [0.25, 0.3) is 6.08 Å². The minimum Gasteiger partial charge on any atom is -0.404 e. The number of nitrogens with zero attached hydrogens (tertiary/aromatic N) is 2. The Kier molecular flexibility index (Phi) is 3.53. The molecule has 1 aromatic heterocycles. The van der Waals surface area contributed by atoms with Crippen molar-refractivity contribution in [1.82, 2.24) is 4.98 Å². The van der Waals surface area contributed by atoms with Crippen molar-refractivity contribution >= 4 is 17.8 Å². The molecule has 1 saturated heterocycles. The Balaban J connectivity index is 2.46. The summed E-state index contributed by atoms with van der Waals surface area (Å²) in [5, 5.41) is 9.68. The smallest absolute Gasteiger partial charge is 0.341 e. The van der Waals surface area contributed by atoms with Crippen LogP contribution < -0.4 is 10.5 Å². The lowest BCUT2D eigenvalue weighted by Gasteiger charge is -2.21. The van der Waals surface area contributed by atoms with Crippen molar-refractivity contribution in [3.63, 3.8) is 0 Å². The molecule has 2 rings (SSSR count). The molecule has 19 heavy (non-hydrogen) atoms. The van der Waals surface area contributed by atoms with E-state index in [0.29, 0.717) is 0 Å². The maximum absolute atomic E-state index is 11.8. The average molecular weight is 264 g/mol. The van der Waals surface area contributed by atoms with Gasteiger partial charge in [-0.1, -0.05) is 5.57 Å². The van der Waals surface area contributed by atoms with Crippen LogP contribution in [0.3, 0.4) is 0 Å². The molecule has 0 aliphatic carbocycles. The second kappa shape index (κ2) is 4.97. The Morgan fingerprint density at radius 3 is 2.74 bits per heavy atom. The van der Waals surface area contributed by atoms with Gasteiger partial charge in [-0.2, -0.15) is 4.98 Å². The summed E-state index contributed by atoms with van der Waals surface area (Å²) in [6.07, 6.45) is 0.918. The number of aliphatic hydroxyl groups is 1. The molecule has 0 saturated carbocycles. The fourth-order valence-electron chi connectivity index (χ4n) is 2.02. The zero-order chi connectivity index (χ0) is 14.2. The van der Waals surface area contributed by atoms with Crippen molar-refractivity contribution in [2.24, 2.45) is 0 Å². The van der Waals surface area contributed by atoms with Crippen LogP contribution in [-0.4, -0.2) is 28.1 Å². The molecule has 1 amide bonds. The van der Waals surface area contributed by atoms with Crippen LogP contribution in [0.5, 0.6) is 0 Å². The van der Waals surface area contributed by atoms with Crippen LogP contribution >= 0.6 is 0 Å². The Morgan fingerprint density at radius 2 is 2.21 bits per heavy atom. The first-order valence-corrected chi connectivity index (χ1v) is 6.05. The van der Waals surface area contributed by atoms with Gasteiger partial charge in [0.1, 0.15) is 5.82 Å². The third-order valence-corrected chi connectivity index (χ3v) is 2.95. The van der Waals surface area contributed by atoms with Gasteiger partial charge in [-0.05, 0) is 26.8 Å². The van der Waals surface area contributed by atoms with Gasteiger partial charge in [-0.25, -0.2) is 4.79 Å². The monoisotopic (exact) mass is 264 g/mol. The minimum atomic E-state index is -0.742. The first kappa shape index (κ1) is 13.5. The number of rotatable bonds is 2. The van der Waals surface area contributed by atoms with Crippen LogP contribution in [0.2, 0.25) is 0 Å². The average Bonchev–Trinajstić information content (AvgIpc) is 2.51. The van der Waals surface area contributed by atoms with E-state index in [1.807, 2.05) is 13.8 Å². The molecule has 102 valence electrons. The van der Waals surface area contributed by atoms with Crippen LogP contribution in [0.15, 0.2) is 20.9 Å². The van der Waals surface area contributed by atoms with Crippen molar-refractivity contribution in [3.8, 4) is 0 Å². The summed E-state index contributed by atoms with van der Waals surface area (Å²) in [6.45, 7) is 5.41. The van der Waals surface area contributed by atoms with Gasteiger partial charge in [0.05, 0.1) is 24.6 Å². The lowest BCUT2D eigenvalue weighted by Crippen LogP contribution is -2.35. The highest BCUT2D eigenvalue weighted by Gasteiger charge is 2.37. The van der Waals surface area contributed by atoms with E-state index in [2.05, 4.69) is 4.98 Å². The molecule has 6 nitrogen and oxygen atoms in total. The third-order valence-electron chi connectivity index (χ3n) is 2.95. The van der Waals surface area contributed by atoms with E-state index in [1.54, 1.807) is 13.0 Å². The van der Waals surface area contributed by atoms with Gasteiger partial charge in [0.2, 0.25) is 11.8 Å². The second-order valence-electron chi connectivity index (χ2n) is 4.87. The number of aliphatic hydroxyl groups excluding tert-OH is 1. The molecular weight excluding hydrogens is 248 g/mol. The normalized spacial score (nSPS) is 22.7. The molecule has 1 aliphatic rings. The predicted molar refractivity (Wildman–Crippen MR) is 69.7 cm³/mol. The maximum Gasteiger partial charge on any atom is 0.341 e. The van der Waals surface area contributed by atoms with Gasteiger partial charge in [-0.3, -0.25) is 9.69 Å². The molecule has 1 aromatic rings. The lowest BCUT2D eigenvalue weighted by atomic mass is 10.2. The van der Waals surface area contributed by atoms with E-state index in [1.165, 1.54) is 4.90 Å². The predicted octanol–water partition coefficient (Wildman–Crippen LogP) is 0.944. The summed E-state index contributed by atoms with van der Waals surface area (Å²) in [4.78, 5) is 28.8. The summed E-state index contributed by atoms with van der Waals surface area (Å²) in [6, 6.07) is 0.760. The molecule has 1 aliphatic heterocycles. The Morgan fingerprint density at radius 1 is 1.53 bits per heavy atom. The summed E-state index contributed by atoms with van der Waals surface area (Å²) >= 11 is 0. The van der Waals surface area contributed by atoms with E-state index in [4.69, 9.17) is 4.42 Å². The SMILES string of the molecule is CC(C)=Cc1nc(N2C(=O)CC(O)C2C)cc(=O)o1. The van der Waals surface area contributed by atoms with Crippen LogP contribution in [0.4, 0.5) is 5.82 Å². The van der Waals surface area contributed by atoms with Crippen LogP contribution in [0.1, 0.15) is 33.1 Å². The van der Waals surface area contributed by atoms with Gasteiger partial charge in [0.15, 0.2) is 0 Å². The minimum absolute atomic E-state index is 0.0427. The Hall–Kier alpha value is -1.95. The topological polar surface area (TPSA) is 83.6 Å². The van der Waals surface area contributed by atoms with Crippen LogP contribution in [0, 0.1) is 0 Å². The maximum atomic E-state index is 11.8. The summed E-state index contributed by atoms with van der Waals surface area (Å²) in [7, 11) is 0. The number of carbonyl (C=O) groups excluding carboxylic acids is 1. The number of hydrogen-bond acceptors (Lipinski definition) is 5. The largest absolute Gasteiger partial charge is 0.404 e. The fraction of sp³-hybridized carbons (Fsp3) is 0.462. The molecule has 2 heterocycles. The molecule has 0 bridgehead atoms. The molecule has 0 radical (unpaired) electrons. The molecule has 6 heteroatoms. The van der Waals surface area contributed by atoms with Crippen molar-refractivity contribution in [3.05, 3.63) is 28.0 Å². The van der Waals surface area contributed by atoms with Gasteiger partial charge in [0.25, 0.3) is 0 Å². The number of amides is 1. The Bertz CT molecular complexity index is 587. The lowest BCUT2D eigenvalue weighted by molar-refractivity contribution is -0.117. The van der Waals surface area contributed by atoms with E-state index >= 15 is 0 Å². The van der Waals surface area contributed by atoms with E-state index in [9.17, 15) is 14.7 Å². The zero-order valence-electron chi connectivity index (χ0n) is 11.1. The highest BCUT2D eigenvalue weighted by Crippen LogP contribution is 2.24. The van der Waals surface area contributed by atoms with E-state index < -0.39 is 17.8 Å². The molecule has 0 spiro atoms. The first-order valence-electron chi connectivity index (χ1n) is 6.05. The van der Waals surface area contributed by atoms with Crippen molar-refractivity contribution in [2.75, 3.05) is 4.90 Å². The van der Waals surface area contributed by atoms with Gasteiger partial charge in [-0.15, -0.1) is 0 Å². The third kappa shape index (κ3) is 2.73. The van der Waals surface area contributed by atoms with Crippen molar-refractivity contribution < 1.29 is 14.3 Å². The number of aromatic nitrogens is 1. The molecule has 2 atom stereocenters. The Labute approximate surface area is 110 Å². The van der Waals surface area contributed by atoms with Crippen molar-refractivity contribution in [1.29, 1.82) is 0 Å². The molecule has 0 aromatic carbocycles. The standard InChI is InChI=1S/C13H16N2O4/c1-7(2)4-11-14-10(6-13(18)19-11)15-8(3)9(16)5-12(15)17/h4,6,8-9,16H,5H2,1-3H3. The number of allylic oxidation sites excluding steroid dienone is 1. The second-order valence-corrected chi connectivity index (χ2v) is 4.87. The van der Waals surface area contributed by atoms with Gasteiger partial charge in [0, 0.05) is 0 Å². The van der Waals surface area contributed by atoms with Gasteiger partial charge >= 0.3 is 5.63 Å². The highest BCUT2D eigenvalue weighted by atomic mass is 16.4. The number of anilines is 1. The summed E-state index contributed by atoms with van der Waals surface area (Å²) in [5.41, 5.74) is 0.354. The van der Waals surface area contributed by atoms with Gasteiger partial charge < -0.3 is 9.52 Å². The zero-order valence-corrected chi connectivity index (χ0v) is 11.1. The number of carbonyl (C=O) groups is 1. The molecule has 1 fully saturated rings. The fourth-order valence-corrected chi connectivity index (χ4v) is 2.02. The first-order chi connectivity index (χ1) is 8.88. The summed E-state index contributed by atoms with van der Waals surface area (Å²) in [5.74, 6) is 0.128. The molecule has 1 N–H and O–H groups in total. The number of hydrogen-bond donors (Lipinski definition) is 1. The van der Waals surface area contributed by atoms with E-state index in [0.717, 1.165) is 11.6 Å². The molecule has 2 unspecified atom stereocenters. The quantitative estimate of drug-likeness (QED) is 0.859. The van der Waals surface area contributed by atoms with Crippen LogP contribution in [-0.2, 0) is 4.79 Å². The summed E-state index contributed by atoms with van der Waals surface area (Å²) < 4.78 is 4.94.